The number of carbonyl (C=O) groups excluding carboxylic acids is 1. The van der Waals surface area contributed by atoms with Gasteiger partial charge in [-0.2, -0.15) is 4.31 Å². The minimum atomic E-state index is -3.50. The molecule has 7 nitrogen and oxygen atoms in total. The lowest BCUT2D eigenvalue weighted by atomic mass is 10.2. The molecule has 1 aliphatic heterocycles. The van der Waals surface area contributed by atoms with Crippen molar-refractivity contribution in [2.75, 3.05) is 53.0 Å². The predicted molar refractivity (Wildman–Crippen MR) is 91.5 cm³/mol. The molecule has 2 rings (SSSR count). The molecular formula is C16H25N3O4S. The third-order valence-corrected chi connectivity index (χ3v) is 6.04. The van der Waals surface area contributed by atoms with Crippen LogP contribution in [0.5, 0.6) is 0 Å². The molecular weight excluding hydrogens is 330 g/mol. The minimum Gasteiger partial charge on any atom is -0.383 e. The van der Waals surface area contributed by atoms with Gasteiger partial charge >= 0.3 is 0 Å². The van der Waals surface area contributed by atoms with E-state index in [0.29, 0.717) is 31.8 Å². The van der Waals surface area contributed by atoms with Gasteiger partial charge in [-0.3, -0.25) is 4.79 Å². The summed E-state index contributed by atoms with van der Waals surface area (Å²) >= 11 is 0. The van der Waals surface area contributed by atoms with Crippen LogP contribution >= 0.6 is 0 Å². The molecule has 1 aliphatic rings. The highest BCUT2D eigenvalue weighted by Gasteiger charge is 2.28. The number of nitrogens with one attached hydrogen (secondary N) is 1. The maximum atomic E-state index is 12.7. The molecule has 0 atom stereocenters. The normalized spacial score (nSPS) is 16.9. The van der Waals surface area contributed by atoms with Crippen LogP contribution in [-0.4, -0.2) is 76.5 Å². The van der Waals surface area contributed by atoms with Crippen molar-refractivity contribution in [1.29, 1.82) is 0 Å². The summed E-state index contributed by atoms with van der Waals surface area (Å²) in [6.45, 7) is 6.33. The van der Waals surface area contributed by atoms with Gasteiger partial charge in [-0.05, 0) is 30.8 Å². The van der Waals surface area contributed by atoms with Crippen molar-refractivity contribution in [2.45, 2.75) is 11.8 Å². The van der Waals surface area contributed by atoms with Crippen LogP contribution in [0.25, 0.3) is 0 Å². The number of ether oxygens (including phenoxy) is 1. The fourth-order valence-corrected chi connectivity index (χ4v) is 4.00. The van der Waals surface area contributed by atoms with Crippen LogP contribution in [0.1, 0.15) is 17.3 Å². The van der Waals surface area contributed by atoms with E-state index < -0.39 is 10.0 Å². The molecule has 8 heteroatoms. The molecule has 0 bridgehead atoms. The first-order chi connectivity index (χ1) is 11.5. The Morgan fingerprint density at radius 2 is 1.79 bits per heavy atom. The molecule has 1 amide bonds. The average Bonchev–Trinajstić information content (AvgIpc) is 2.62. The minimum absolute atomic E-state index is 0.223. The lowest BCUT2D eigenvalue weighted by Gasteiger charge is -2.33. The van der Waals surface area contributed by atoms with Gasteiger partial charge in [0.05, 0.1) is 11.5 Å². The Hall–Kier alpha value is -1.48. The molecule has 1 saturated heterocycles. The van der Waals surface area contributed by atoms with E-state index in [-0.39, 0.29) is 10.8 Å². The summed E-state index contributed by atoms with van der Waals surface area (Å²) in [5.41, 5.74) is 0.431. The molecule has 1 fully saturated rings. The van der Waals surface area contributed by atoms with Gasteiger partial charge in [0, 0.05) is 45.4 Å². The van der Waals surface area contributed by atoms with Crippen LogP contribution in [0.15, 0.2) is 29.2 Å². The standard InChI is InChI=1S/C16H25N3O4S/c1-3-18-9-11-19(12-10-18)24(21,22)15-6-4-14(5-7-15)16(20)17-8-13-23-2/h4-7H,3,8-13H2,1-2H3,(H,17,20). The smallest absolute Gasteiger partial charge is 0.251 e. The zero-order chi connectivity index (χ0) is 17.6. The third kappa shape index (κ3) is 4.54. The number of piperazine rings is 1. The summed E-state index contributed by atoms with van der Waals surface area (Å²) in [7, 11) is -1.94. The van der Waals surface area contributed by atoms with Crippen LogP contribution in [0.2, 0.25) is 0 Å². The highest BCUT2D eigenvalue weighted by Crippen LogP contribution is 2.18. The van der Waals surface area contributed by atoms with Crippen molar-refractivity contribution in [2.24, 2.45) is 0 Å². The van der Waals surface area contributed by atoms with E-state index in [1.165, 1.54) is 28.6 Å². The van der Waals surface area contributed by atoms with E-state index in [4.69, 9.17) is 4.74 Å². The quantitative estimate of drug-likeness (QED) is 0.716. The number of likely N-dealkylation sites (N-methyl/N-ethyl adjacent to an activating group) is 1. The monoisotopic (exact) mass is 355 g/mol. The maximum absolute atomic E-state index is 12.7. The van der Waals surface area contributed by atoms with E-state index in [1.807, 2.05) is 0 Å². The first-order valence-corrected chi connectivity index (χ1v) is 9.52. The maximum Gasteiger partial charge on any atom is 0.251 e. The number of methoxy groups -OCH3 is 1. The molecule has 0 radical (unpaired) electrons. The van der Waals surface area contributed by atoms with E-state index >= 15 is 0 Å². The summed E-state index contributed by atoms with van der Waals surface area (Å²) in [5, 5.41) is 2.70. The van der Waals surface area contributed by atoms with Crippen molar-refractivity contribution < 1.29 is 17.9 Å². The molecule has 1 N–H and O–H groups in total. The van der Waals surface area contributed by atoms with Crippen molar-refractivity contribution in [1.82, 2.24) is 14.5 Å². The highest BCUT2D eigenvalue weighted by atomic mass is 32.2. The van der Waals surface area contributed by atoms with Crippen LogP contribution in [0.3, 0.4) is 0 Å². The van der Waals surface area contributed by atoms with Gasteiger partial charge in [0.2, 0.25) is 10.0 Å². The summed E-state index contributed by atoms with van der Waals surface area (Å²) in [6.07, 6.45) is 0. The molecule has 0 saturated carbocycles. The number of rotatable bonds is 7. The number of hydrogen-bond donors (Lipinski definition) is 1. The lowest BCUT2D eigenvalue weighted by molar-refractivity contribution is 0.0937. The Kier molecular flexibility index (Phi) is 6.73. The molecule has 0 aliphatic carbocycles. The zero-order valence-electron chi connectivity index (χ0n) is 14.2. The molecule has 134 valence electrons. The number of carbonyl (C=O) groups is 1. The molecule has 0 unspecified atom stereocenters. The summed E-state index contributed by atoms with van der Waals surface area (Å²) in [4.78, 5) is 14.4. The van der Waals surface area contributed by atoms with Crippen molar-refractivity contribution >= 4 is 15.9 Å². The highest BCUT2D eigenvalue weighted by molar-refractivity contribution is 7.89. The molecule has 1 aromatic carbocycles. The van der Waals surface area contributed by atoms with E-state index in [2.05, 4.69) is 17.1 Å². The number of sulfonamides is 1. The summed E-state index contributed by atoms with van der Waals surface area (Å²) in [6, 6.07) is 6.06. The Bertz CT molecular complexity index is 638. The molecule has 0 spiro atoms. The second kappa shape index (κ2) is 8.57. The van der Waals surface area contributed by atoms with E-state index in [0.717, 1.165) is 19.6 Å². The molecule has 1 heterocycles. The average molecular weight is 355 g/mol. The van der Waals surface area contributed by atoms with Crippen LogP contribution in [0, 0.1) is 0 Å². The second-order valence-corrected chi connectivity index (χ2v) is 7.55. The second-order valence-electron chi connectivity index (χ2n) is 5.61. The van der Waals surface area contributed by atoms with E-state index in [9.17, 15) is 13.2 Å². The van der Waals surface area contributed by atoms with Crippen molar-refractivity contribution in [3.05, 3.63) is 29.8 Å². The zero-order valence-corrected chi connectivity index (χ0v) is 15.0. The van der Waals surface area contributed by atoms with Crippen molar-refractivity contribution in [3.63, 3.8) is 0 Å². The third-order valence-electron chi connectivity index (χ3n) is 4.12. The van der Waals surface area contributed by atoms with Gasteiger partial charge in [0.25, 0.3) is 5.91 Å². The fourth-order valence-electron chi connectivity index (χ4n) is 2.58. The van der Waals surface area contributed by atoms with Gasteiger partial charge in [0.1, 0.15) is 0 Å². The summed E-state index contributed by atoms with van der Waals surface area (Å²) in [5.74, 6) is -0.243. The lowest BCUT2D eigenvalue weighted by Crippen LogP contribution is -2.48. The van der Waals surface area contributed by atoms with Crippen LogP contribution in [0.4, 0.5) is 0 Å². The van der Waals surface area contributed by atoms with Gasteiger partial charge in [-0.25, -0.2) is 8.42 Å². The number of hydrogen-bond acceptors (Lipinski definition) is 5. The number of amides is 1. The van der Waals surface area contributed by atoms with Gasteiger partial charge in [-0.15, -0.1) is 0 Å². The molecule has 0 aromatic heterocycles. The predicted octanol–water partition coefficient (Wildman–Crippen LogP) is 0.389. The Morgan fingerprint density at radius 3 is 2.33 bits per heavy atom. The van der Waals surface area contributed by atoms with E-state index in [1.54, 1.807) is 7.11 Å². The first kappa shape index (κ1) is 18.9. The SMILES string of the molecule is CCN1CCN(S(=O)(=O)c2ccc(C(=O)NCCOC)cc2)CC1. The Labute approximate surface area is 143 Å². The Morgan fingerprint density at radius 1 is 1.17 bits per heavy atom. The fraction of sp³-hybridized carbons (Fsp3) is 0.562. The van der Waals surface area contributed by atoms with Crippen LogP contribution in [-0.2, 0) is 14.8 Å². The van der Waals surface area contributed by atoms with Gasteiger partial charge in [0.15, 0.2) is 0 Å². The topological polar surface area (TPSA) is 79.0 Å². The molecule has 24 heavy (non-hydrogen) atoms. The van der Waals surface area contributed by atoms with Crippen LogP contribution < -0.4 is 5.32 Å². The Balaban J connectivity index is 2.02. The largest absolute Gasteiger partial charge is 0.383 e. The first-order valence-electron chi connectivity index (χ1n) is 8.08. The van der Waals surface area contributed by atoms with Gasteiger partial charge < -0.3 is 15.0 Å². The number of benzene rings is 1. The summed E-state index contributed by atoms with van der Waals surface area (Å²) < 4.78 is 31.7. The number of nitrogens with zero attached hydrogens (tertiary/aromatic N) is 2. The molecule has 1 aromatic rings. The van der Waals surface area contributed by atoms with Crippen molar-refractivity contribution in [3.8, 4) is 0 Å². The van der Waals surface area contributed by atoms with Gasteiger partial charge in [-0.1, -0.05) is 6.92 Å².